The molecule has 0 heterocycles. The molecule has 2 fully saturated rings. The molecule has 0 aromatic heterocycles. The van der Waals surface area contributed by atoms with Crippen molar-refractivity contribution < 1.29 is 5.02 Å². The van der Waals surface area contributed by atoms with Crippen LogP contribution in [0.2, 0.25) is 5.82 Å². The monoisotopic (exact) mass is 270 g/mol. The molecule has 0 aliphatic heterocycles. The number of hydrogen-bond acceptors (Lipinski definition) is 1. The van der Waals surface area contributed by atoms with E-state index in [2.05, 4.69) is 24.3 Å². The first-order chi connectivity index (χ1) is 9.88. The average Bonchev–Trinajstić information content (AvgIpc) is 2.54. The highest BCUT2D eigenvalue weighted by Gasteiger charge is 2.50. The second-order valence-corrected chi connectivity index (χ2v) is 7.66. The third-order valence-electron chi connectivity index (χ3n) is 6.85. The maximum Gasteiger partial charge on any atom is 0.277 e. The van der Waals surface area contributed by atoms with Gasteiger partial charge in [0.15, 0.2) is 0 Å². The summed E-state index contributed by atoms with van der Waals surface area (Å²) in [4.78, 5) is 0. The van der Waals surface area contributed by atoms with Gasteiger partial charge in [-0.15, -0.1) is 0 Å². The Hall–Kier alpha value is -0.495. The Morgan fingerprint density at radius 3 is 2.35 bits per heavy atom. The Morgan fingerprint density at radius 2 is 1.55 bits per heavy atom. The van der Waals surface area contributed by atoms with Crippen molar-refractivity contribution in [1.82, 2.24) is 0 Å². The molecule has 20 heavy (non-hydrogen) atoms. The zero-order valence-corrected chi connectivity index (χ0v) is 12.5. The zero-order valence-electron chi connectivity index (χ0n) is 12.5. The van der Waals surface area contributed by atoms with E-state index in [1.165, 1.54) is 44.9 Å². The van der Waals surface area contributed by atoms with Crippen LogP contribution >= 0.6 is 0 Å². The van der Waals surface area contributed by atoms with Gasteiger partial charge in [0, 0.05) is 0 Å². The fourth-order valence-electron chi connectivity index (χ4n) is 6.06. The highest BCUT2D eigenvalue weighted by molar-refractivity contribution is 6.28. The van der Waals surface area contributed by atoms with Crippen molar-refractivity contribution in [2.45, 2.75) is 50.8 Å². The molecule has 7 atom stereocenters. The van der Waals surface area contributed by atoms with Crippen LogP contribution in [0.5, 0.6) is 0 Å². The van der Waals surface area contributed by atoms with E-state index in [0.717, 1.165) is 35.5 Å². The van der Waals surface area contributed by atoms with E-state index in [1.807, 2.05) is 0 Å². The SMILES string of the molecule is OBC1C=CC2C3C=CCCC3C3CCCCC3C2C1. The summed E-state index contributed by atoms with van der Waals surface area (Å²) in [6.45, 7) is 0. The van der Waals surface area contributed by atoms with E-state index < -0.39 is 0 Å². The summed E-state index contributed by atoms with van der Waals surface area (Å²) in [7, 11) is 0.348. The van der Waals surface area contributed by atoms with Gasteiger partial charge in [0.2, 0.25) is 0 Å². The predicted octanol–water partition coefficient (Wildman–Crippen LogP) is 3.71. The van der Waals surface area contributed by atoms with Crippen LogP contribution < -0.4 is 0 Å². The molecule has 108 valence electrons. The molecule has 0 bridgehead atoms. The van der Waals surface area contributed by atoms with Crippen LogP contribution in [0.3, 0.4) is 0 Å². The lowest BCUT2D eigenvalue weighted by molar-refractivity contribution is -0.0204. The normalized spacial score (nSPS) is 50.0. The molecule has 2 saturated carbocycles. The minimum Gasteiger partial charge on any atom is -0.453 e. The summed E-state index contributed by atoms with van der Waals surface area (Å²) in [6, 6.07) is 0. The molecule has 2 heteroatoms. The maximum absolute atomic E-state index is 9.54. The van der Waals surface area contributed by atoms with Crippen molar-refractivity contribution >= 4 is 7.48 Å². The summed E-state index contributed by atoms with van der Waals surface area (Å²) in [5.74, 6) is 5.78. The molecule has 0 amide bonds. The molecular weight excluding hydrogens is 243 g/mol. The lowest BCUT2D eigenvalue weighted by Crippen LogP contribution is -2.48. The minimum atomic E-state index is 0.348. The van der Waals surface area contributed by atoms with Gasteiger partial charge in [-0.3, -0.25) is 0 Å². The van der Waals surface area contributed by atoms with Gasteiger partial charge < -0.3 is 5.02 Å². The standard InChI is InChI=1S/C18H27BO/c20-19-12-9-10-17-15-7-2-1-5-13(15)14-6-3-4-8-16(14)18(17)11-12/h2,7,9-10,12-20H,1,3-6,8,11H2. The quantitative estimate of drug-likeness (QED) is 0.569. The first-order valence-corrected chi connectivity index (χ1v) is 8.84. The molecular formula is C18H27BO. The molecule has 4 rings (SSSR count). The molecule has 0 aromatic carbocycles. The highest BCUT2D eigenvalue weighted by Crippen LogP contribution is 2.58. The van der Waals surface area contributed by atoms with E-state index in [-0.39, 0.29) is 0 Å². The van der Waals surface area contributed by atoms with E-state index in [9.17, 15) is 5.02 Å². The number of fused-ring (bicyclic) bond motifs is 6. The molecule has 4 aliphatic rings. The Morgan fingerprint density at radius 1 is 0.800 bits per heavy atom. The third kappa shape index (κ3) is 2.03. The van der Waals surface area contributed by atoms with Crippen LogP contribution in [0.15, 0.2) is 24.3 Å². The predicted molar refractivity (Wildman–Crippen MR) is 84.7 cm³/mol. The number of allylic oxidation sites excluding steroid dienone is 4. The summed E-state index contributed by atoms with van der Waals surface area (Å²) in [6.07, 6.45) is 19.7. The van der Waals surface area contributed by atoms with Crippen LogP contribution in [-0.4, -0.2) is 12.5 Å². The van der Waals surface area contributed by atoms with Crippen LogP contribution in [0.25, 0.3) is 0 Å². The van der Waals surface area contributed by atoms with E-state index >= 15 is 0 Å². The molecule has 0 aromatic rings. The van der Waals surface area contributed by atoms with Gasteiger partial charge in [-0.25, -0.2) is 0 Å². The van der Waals surface area contributed by atoms with Gasteiger partial charge in [0.05, 0.1) is 0 Å². The Labute approximate surface area is 123 Å². The largest absolute Gasteiger partial charge is 0.453 e. The lowest BCUT2D eigenvalue weighted by atomic mass is 9.48. The van der Waals surface area contributed by atoms with Gasteiger partial charge in [-0.05, 0) is 73.4 Å². The molecule has 1 nitrogen and oxygen atoms in total. The van der Waals surface area contributed by atoms with Crippen molar-refractivity contribution in [3.63, 3.8) is 0 Å². The van der Waals surface area contributed by atoms with E-state index in [4.69, 9.17) is 0 Å². The Kier molecular flexibility index (Phi) is 3.54. The number of hydrogen-bond donors (Lipinski definition) is 1. The summed E-state index contributed by atoms with van der Waals surface area (Å²) in [5.41, 5.74) is 0. The Balaban J connectivity index is 1.69. The van der Waals surface area contributed by atoms with Crippen LogP contribution in [0.4, 0.5) is 0 Å². The molecule has 0 spiro atoms. The molecule has 7 unspecified atom stereocenters. The van der Waals surface area contributed by atoms with Gasteiger partial charge in [-0.2, -0.15) is 0 Å². The topological polar surface area (TPSA) is 20.2 Å². The van der Waals surface area contributed by atoms with Crippen molar-refractivity contribution in [3.8, 4) is 0 Å². The maximum atomic E-state index is 9.54. The summed E-state index contributed by atoms with van der Waals surface area (Å²) < 4.78 is 0. The van der Waals surface area contributed by atoms with Crippen molar-refractivity contribution in [3.05, 3.63) is 24.3 Å². The summed E-state index contributed by atoms with van der Waals surface area (Å²) >= 11 is 0. The van der Waals surface area contributed by atoms with Gasteiger partial charge in [0.25, 0.3) is 7.48 Å². The van der Waals surface area contributed by atoms with E-state index in [1.54, 1.807) is 0 Å². The fraction of sp³-hybridized carbons (Fsp3) is 0.778. The fourth-order valence-corrected chi connectivity index (χ4v) is 6.06. The second kappa shape index (κ2) is 5.37. The molecule has 4 aliphatic carbocycles. The smallest absolute Gasteiger partial charge is 0.277 e. The first kappa shape index (κ1) is 13.2. The van der Waals surface area contributed by atoms with E-state index in [0.29, 0.717) is 13.3 Å². The zero-order chi connectivity index (χ0) is 13.5. The van der Waals surface area contributed by atoms with Crippen LogP contribution in [0, 0.1) is 35.5 Å². The average molecular weight is 270 g/mol. The molecule has 1 N–H and O–H groups in total. The lowest BCUT2D eigenvalue weighted by Gasteiger charge is -2.55. The van der Waals surface area contributed by atoms with Gasteiger partial charge in [0.1, 0.15) is 0 Å². The first-order valence-electron chi connectivity index (χ1n) is 8.84. The minimum absolute atomic E-state index is 0.348. The second-order valence-electron chi connectivity index (χ2n) is 7.66. The van der Waals surface area contributed by atoms with Crippen molar-refractivity contribution in [2.24, 2.45) is 35.5 Å². The summed E-state index contributed by atoms with van der Waals surface area (Å²) in [5, 5.41) is 9.54. The van der Waals surface area contributed by atoms with Crippen LogP contribution in [-0.2, 0) is 0 Å². The highest BCUT2D eigenvalue weighted by atomic mass is 16.2. The van der Waals surface area contributed by atoms with Gasteiger partial charge in [-0.1, -0.05) is 37.1 Å². The van der Waals surface area contributed by atoms with Crippen LogP contribution in [0.1, 0.15) is 44.9 Å². The van der Waals surface area contributed by atoms with Crippen molar-refractivity contribution in [2.75, 3.05) is 0 Å². The molecule has 0 saturated heterocycles. The van der Waals surface area contributed by atoms with Crippen molar-refractivity contribution in [1.29, 1.82) is 0 Å². The number of rotatable bonds is 1. The Bertz CT molecular complexity index is 416. The molecule has 0 radical (unpaired) electrons. The third-order valence-corrected chi connectivity index (χ3v) is 6.85. The van der Waals surface area contributed by atoms with Gasteiger partial charge >= 0.3 is 0 Å².